The molecule has 0 bridgehead atoms. The van der Waals surface area contributed by atoms with Crippen LogP contribution in [-0.2, 0) is 0 Å². The standard InChI is InChI=1S/C16H20ClNO2/c1-3-9-18-15(14-8-10-20-16(14)17)12-6-5-7-13(11-12)19-4-2/h5-8,10-11,15,18H,3-4,9H2,1-2H3. The molecular formula is C16H20ClNO2. The van der Waals surface area contributed by atoms with Gasteiger partial charge in [-0.1, -0.05) is 19.1 Å². The fourth-order valence-electron chi connectivity index (χ4n) is 2.16. The van der Waals surface area contributed by atoms with Gasteiger partial charge >= 0.3 is 0 Å². The van der Waals surface area contributed by atoms with Crippen LogP contribution in [0, 0.1) is 0 Å². The maximum atomic E-state index is 6.13. The van der Waals surface area contributed by atoms with E-state index in [2.05, 4.69) is 18.3 Å². The van der Waals surface area contributed by atoms with Crippen LogP contribution in [0.3, 0.4) is 0 Å². The topological polar surface area (TPSA) is 34.4 Å². The van der Waals surface area contributed by atoms with Gasteiger partial charge in [-0.05, 0) is 55.3 Å². The van der Waals surface area contributed by atoms with Crippen LogP contribution in [0.25, 0.3) is 0 Å². The summed E-state index contributed by atoms with van der Waals surface area (Å²) in [6.07, 6.45) is 2.67. The van der Waals surface area contributed by atoms with Crippen LogP contribution < -0.4 is 10.1 Å². The Hall–Kier alpha value is -1.45. The minimum Gasteiger partial charge on any atom is -0.494 e. The summed E-state index contributed by atoms with van der Waals surface area (Å²) in [5.74, 6) is 0.868. The van der Waals surface area contributed by atoms with Crippen molar-refractivity contribution in [2.24, 2.45) is 0 Å². The zero-order valence-electron chi connectivity index (χ0n) is 11.9. The van der Waals surface area contributed by atoms with Gasteiger partial charge in [0.25, 0.3) is 0 Å². The molecule has 0 aliphatic heterocycles. The number of benzene rings is 1. The lowest BCUT2D eigenvalue weighted by Gasteiger charge is -2.19. The molecule has 0 radical (unpaired) electrons. The van der Waals surface area contributed by atoms with E-state index in [4.69, 9.17) is 20.8 Å². The second kappa shape index (κ2) is 7.36. The maximum absolute atomic E-state index is 6.13. The number of halogens is 1. The SMILES string of the molecule is CCCNC(c1cccc(OCC)c1)c1ccoc1Cl. The minimum absolute atomic E-state index is 0.0154. The van der Waals surface area contributed by atoms with Crippen molar-refractivity contribution in [1.82, 2.24) is 5.32 Å². The summed E-state index contributed by atoms with van der Waals surface area (Å²) in [6.45, 7) is 5.68. The van der Waals surface area contributed by atoms with Crippen molar-refractivity contribution in [3.05, 3.63) is 52.9 Å². The summed E-state index contributed by atoms with van der Waals surface area (Å²) in [6, 6.07) is 9.99. The van der Waals surface area contributed by atoms with E-state index in [-0.39, 0.29) is 6.04 Å². The van der Waals surface area contributed by atoms with E-state index in [1.807, 2.05) is 31.2 Å². The van der Waals surface area contributed by atoms with Gasteiger partial charge in [0.15, 0.2) is 5.22 Å². The summed E-state index contributed by atoms with van der Waals surface area (Å²) < 4.78 is 10.8. The third-order valence-electron chi connectivity index (χ3n) is 3.06. The highest BCUT2D eigenvalue weighted by molar-refractivity contribution is 6.29. The Morgan fingerprint density at radius 2 is 2.15 bits per heavy atom. The van der Waals surface area contributed by atoms with E-state index >= 15 is 0 Å². The van der Waals surface area contributed by atoms with Crippen LogP contribution >= 0.6 is 11.6 Å². The van der Waals surface area contributed by atoms with Crippen molar-refractivity contribution in [2.45, 2.75) is 26.3 Å². The first kappa shape index (κ1) is 14.9. The summed E-state index contributed by atoms with van der Waals surface area (Å²) in [4.78, 5) is 0. The predicted molar refractivity (Wildman–Crippen MR) is 81.5 cm³/mol. The van der Waals surface area contributed by atoms with Gasteiger partial charge in [0, 0.05) is 5.56 Å². The van der Waals surface area contributed by atoms with E-state index in [1.54, 1.807) is 6.26 Å². The van der Waals surface area contributed by atoms with Gasteiger partial charge in [0.05, 0.1) is 18.9 Å². The Kier molecular flexibility index (Phi) is 5.50. The monoisotopic (exact) mass is 293 g/mol. The highest BCUT2D eigenvalue weighted by Crippen LogP contribution is 2.30. The van der Waals surface area contributed by atoms with Crippen molar-refractivity contribution < 1.29 is 9.15 Å². The first-order chi connectivity index (χ1) is 9.76. The number of furan rings is 1. The molecule has 0 saturated carbocycles. The van der Waals surface area contributed by atoms with Gasteiger partial charge in [-0.3, -0.25) is 0 Å². The highest BCUT2D eigenvalue weighted by Gasteiger charge is 2.18. The van der Waals surface area contributed by atoms with E-state index in [0.29, 0.717) is 11.8 Å². The average Bonchev–Trinajstić information content (AvgIpc) is 2.87. The molecule has 0 aliphatic carbocycles. The summed E-state index contributed by atoms with van der Waals surface area (Å²) in [7, 11) is 0. The number of hydrogen-bond acceptors (Lipinski definition) is 3. The zero-order valence-corrected chi connectivity index (χ0v) is 12.6. The Balaban J connectivity index is 2.31. The quantitative estimate of drug-likeness (QED) is 0.820. The van der Waals surface area contributed by atoms with Gasteiger partial charge in [0.2, 0.25) is 0 Å². The number of rotatable bonds is 7. The molecule has 1 heterocycles. The maximum Gasteiger partial charge on any atom is 0.198 e. The highest BCUT2D eigenvalue weighted by atomic mass is 35.5. The summed E-state index contributed by atoms with van der Waals surface area (Å²) in [5.41, 5.74) is 2.07. The second-order valence-corrected chi connectivity index (χ2v) is 4.89. The van der Waals surface area contributed by atoms with Crippen LogP contribution in [0.1, 0.15) is 37.4 Å². The molecule has 3 nitrogen and oxygen atoms in total. The Morgan fingerprint density at radius 3 is 2.80 bits per heavy atom. The van der Waals surface area contributed by atoms with Crippen molar-refractivity contribution in [1.29, 1.82) is 0 Å². The van der Waals surface area contributed by atoms with E-state index < -0.39 is 0 Å². The molecule has 0 spiro atoms. The third kappa shape index (κ3) is 3.56. The lowest BCUT2D eigenvalue weighted by atomic mass is 10.0. The molecule has 2 rings (SSSR count). The fraction of sp³-hybridized carbons (Fsp3) is 0.375. The first-order valence-corrected chi connectivity index (χ1v) is 7.33. The van der Waals surface area contributed by atoms with Crippen LogP contribution in [0.5, 0.6) is 5.75 Å². The van der Waals surface area contributed by atoms with Crippen LogP contribution in [0.2, 0.25) is 5.22 Å². The van der Waals surface area contributed by atoms with Crippen molar-refractivity contribution in [3.63, 3.8) is 0 Å². The Morgan fingerprint density at radius 1 is 1.30 bits per heavy atom. The van der Waals surface area contributed by atoms with Crippen LogP contribution in [-0.4, -0.2) is 13.2 Å². The molecular weight excluding hydrogens is 274 g/mol. The molecule has 1 aromatic heterocycles. The minimum atomic E-state index is 0.0154. The van der Waals surface area contributed by atoms with E-state index in [9.17, 15) is 0 Å². The van der Waals surface area contributed by atoms with Gasteiger partial charge in [-0.2, -0.15) is 0 Å². The third-order valence-corrected chi connectivity index (χ3v) is 3.37. The lowest BCUT2D eigenvalue weighted by Crippen LogP contribution is -2.23. The molecule has 1 atom stereocenters. The van der Waals surface area contributed by atoms with Crippen LogP contribution in [0.4, 0.5) is 0 Å². The molecule has 20 heavy (non-hydrogen) atoms. The average molecular weight is 294 g/mol. The molecule has 0 aliphatic rings. The zero-order chi connectivity index (χ0) is 14.4. The van der Waals surface area contributed by atoms with Crippen molar-refractivity contribution >= 4 is 11.6 Å². The molecule has 2 aromatic rings. The molecule has 1 N–H and O–H groups in total. The van der Waals surface area contributed by atoms with Crippen LogP contribution in [0.15, 0.2) is 41.0 Å². The number of nitrogens with one attached hydrogen (secondary N) is 1. The van der Waals surface area contributed by atoms with Gasteiger partial charge < -0.3 is 14.5 Å². The molecule has 4 heteroatoms. The van der Waals surface area contributed by atoms with Gasteiger partial charge in [-0.15, -0.1) is 0 Å². The first-order valence-electron chi connectivity index (χ1n) is 6.95. The fourth-order valence-corrected chi connectivity index (χ4v) is 2.38. The Bertz CT molecular complexity index is 539. The predicted octanol–water partition coefficient (Wildman–Crippen LogP) is 4.42. The van der Waals surface area contributed by atoms with Gasteiger partial charge in [-0.25, -0.2) is 0 Å². The summed E-state index contributed by atoms with van der Waals surface area (Å²) >= 11 is 6.13. The lowest BCUT2D eigenvalue weighted by molar-refractivity contribution is 0.339. The molecule has 0 fully saturated rings. The molecule has 108 valence electrons. The number of ether oxygens (including phenoxy) is 1. The normalized spacial score (nSPS) is 12.3. The largest absolute Gasteiger partial charge is 0.494 e. The second-order valence-electron chi connectivity index (χ2n) is 4.54. The molecule has 1 aromatic carbocycles. The smallest absolute Gasteiger partial charge is 0.198 e. The van der Waals surface area contributed by atoms with Gasteiger partial charge in [0.1, 0.15) is 5.75 Å². The van der Waals surface area contributed by atoms with E-state index in [1.165, 1.54) is 0 Å². The molecule has 0 saturated heterocycles. The van der Waals surface area contributed by atoms with Crippen molar-refractivity contribution in [2.75, 3.05) is 13.2 Å². The van der Waals surface area contributed by atoms with Crippen molar-refractivity contribution in [3.8, 4) is 5.75 Å². The van der Waals surface area contributed by atoms with E-state index in [0.717, 1.165) is 29.8 Å². The summed E-state index contributed by atoms with van der Waals surface area (Å²) in [5, 5.41) is 3.93. The molecule has 1 unspecified atom stereocenters. The number of hydrogen-bond donors (Lipinski definition) is 1. The Labute approximate surface area is 124 Å². The molecule has 0 amide bonds.